The SMILES string of the molecule is CCOc1ccccc1CN(C[C@H](C)O)C(=O)N[C@@H](C)c1ccc(S(N)(=O)=O)cc1. The molecule has 2 amide bonds. The molecule has 164 valence electrons. The van der Waals surface area contributed by atoms with Gasteiger partial charge in [0.25, 0.3) is 0 Å². The molecule has 30 heavy (non-hydrogen) atoms. The Morgan fingerprint density at radius 1 is 1.17 bits per heavy atom. The highest BCUT2D eigenvalue weighted by Gasteiger charge is 2.20. The van der Waals surface area contributed by atoms with E-state index in [0.717, 1.165) is 11.1 Å². The highest BCUT2D eigenvalue weighted by Crippen LogP contribution is 2.21. The summed E-state index contributed by atoms with van der Waals surface area (Å²) in [5.41, 5.74) is 1.56. The molecule has 0 unspecified atom stereocenters. The second kappa shape index (κ2) is 10.4. The summed E-state index contributed by atoms with van der Waals surface area (Å²) in [5.74, 6) is 0.690. The molecule has 0 radical (unpaired) electrons. The Hall–Kier alpha value is -2.62. The summed E-state index contributed by atoms with van der Waals surface area (Å²) >= 11 is 0. The van der Waals surface area contributed by atoms with Gasteiger partial charge in [0, 0.05) is 12.1 Å². The van der Waals surface area contributed by atoms with Gasteiger partial charge in [-0.25, -0.2) is 18.4 Å². The van der Waals surface area contributed by atoms with Gasteiger partial charge in [-0.05, 0) is 44.5 Å². The number of primary sulfonamides is 1. The van der Waals surface area contributed by atoms with Gasteiger partial charge in [-0.1, -0.05) is 30.3 Å². The van der Waals surface area contributed by atoms with E-state index in [1.807, 2.05) is 31.2 Å². The van der Waals surface area contributed by atoms with Crippen LogP contribution in [-0.2, 0) is 16.6 Å². The van der Waals surface area contributed by atoms with Crippen molar-refractivity contribution >= 4 is 16.1 Å². The Bertz CT molecular complexity index is 945. The van der Waals surface area contributed by atoms with Crippen LogP contribution in [0.15, 0.2) is 53.4 Å². The third-order valence-corrected chi connectivity index (χ3v) is 5.38. The number of amides is 2. The molecule has 4 N–H and O–H groups in total. The van der Waals surface area contributed by atoms with Crippen LogP contribution in [0.5, 0.6) is 5.75 Å². The minimum atomic E-state index is -3.77. The largest absolute Gasteiger partial charge is 0.494 e. The number of hydrogen-bond donors (Lipinski definition) is 3. The van der Waals surface area contributed by atoms with E-state index in [-0.39, 0.29) is 30.1 Å². The molecule has 9 heteroatoms. The molecule has 0 saturated carbocycles. The van der Waals surface area contributed by atoms with Crippen molar-refractivity contribution in [2.24, 2.45) is 5.14 Å². The zero-order valence-corrected chi connectivity index (χ0v) is 18.2. The van der Waals surface area contributed by atoms with Crippen molar-refractivity contribution in [3.63, 3.8) is 0 Å². The predicted octanol–water partition coefficient (Wildman–Crippen LogP) is 2.39. The lowest BCUT2D eigenvalue weighted by Crippen LogP contribution is -2.43. The minimum absolute atomic E-state index is 0.00744. The number of nitrogens with two attached hydrogens (primary N) is 1. The molecule has 0 aliphatic heterocycles. The first-order valence-electron chi connectivity index (χ1n) is 9.68. The second-order valence-electron chi connectivity index (χ2n) is 7.06. The van der Waals surface area contributed by atoms with Gasteiger partial charge in [0.05, 0.1) is 30.2 Å². The van der Waals surface area contributed by atoms with Crippen molar-refractivity contribution in [1.29, 1.82) is 0 Å². The van der Waals surface area contributed by atoms with Crippen molar-refractivity contribution in [3.8, 4) is 5.75 Å². The highest BCUT2D eigenvalue weighted by atomic mass is 32.2. The minimum Gasteiger partial charge on any atom is -0.494 e. The van der Waals surface area contributed by atoms with Crippen LogP contribution in [-0.4, -0.2) is 43.7 Å². The molecule has 2 rings (SSSR count). The van der Waals surface area contributed by atoms with Crippen molar-refractivity contribution in [3.05, 3.63) is 59.7 Å². The molecule has 0 aliphatic carbocycles. The fourth-order valence-electron chi connectivity index (χ4n) is 2.98. The van der Waals surface area contributed by atoms with E-state index in [1.54, 1.807) is 26.0 Å². The number of aliphatic hydroxyl groups is 1. The number of carbonyl (C=O) groups excluding carboxylic acids is 1. The zero-order valence-electron chi connectivity index (χ0n) is 17.4. The Kier molecular flexibility index (Phi) is 8.22. The summed E-state index contributed by atoms with van der Waals surface area (Å²) in [6.07, 6.45) is -0.709. The topological polar surface area (TPSA) is 122 Å². The molecule has 0 fully saturated rings. The summed E-state index contributed by atoms with van der Waals surface area (Å²) in [4.78, 5) is 14.4. The smallest absolute Gasteiger partial charge is 0.318 e. The Morgan fingerprint density at radius 2 is 1.80 bits per heavy atom. The lowest BCUT2D eigenvalue weighted by atomic mass is 10.1. The van der Waals surface area contributed by atoms with Crippen LogP contribution in [0, 0.1) is 0 Å². The van der Waals surface area contributed by atoms with Crippen LogP contribution in [0.3, 0.4) is 0 Å². The first-order valence-corrected chi connectivity index (χ1v) is 11.2. The number of ether oxygens (including phenoxy) is 1. The first kappa shape index (κ1) is 23.7. The molecule has 8 nitrogen and oxygen atoms in total. The fraction of sp³-hybridized carbons (Fsp3) is 0.381. The van der Waals surface area contributed by atoms with Gasteiger partial charge in [-0.2, -0.15) is 0 Å². The van der Waals surface area contributed by atoms with Crippen LogP contribution in [0.4, 0.5) is 4.79 Å². The lowest BCUT2D eigenvalue weighted by molar-refractivity contribution is 0.127. The van der Waals surface area contributed by atoms with Gasteiger partial charge < -0.3 is 20.1 Å². The normalized spacial score (nSPS) is 13.4. The number of carbonyl (C=O) groups is 1. The summed E-state index contributed by atoms with van der Waals surface area (Å²) in [5, 5.41) is 17.9. The number of sulfonamides is 1. The second-order valence-corrected chi connectivity index (χ2v) is 8.62. The Balaban J connectivity index is 2.15. The predicted molar refractivity (Wildman–Crippen MR) is 114 cm³/mol. The maximum atomic E-state index is 12.9. The van der Waals surface area contributed by atoms with Gasteiger partial charge in [-0.3, -0.25) is 0 Å². The van der Waals surface area contributed by atoms with E-state index in [2.05, 4.69) is 5.32 Å². The number of aliphatic hydroxyl groups excluding tert-OH is 1. The molecule has 0 bridgehead atoms. The van der Waals surface area contributed by atoms with Crippen LogP contribution in [0.25, 0.3) is 0 Å². The monoisotopic (exact) mass is 435 g/mol. The molecular formula is C21H29N3O5S. The van der Waals surface area contributed by atoms with Crippen molar-refractivity contribution in [1.82, 2.24) is 10.2 Å². The third-order valence-electron chi connectivity index (χ3n) is 4.45. The van der Waals surface area contributed by atoms with Gasteiger partial charge >= 0.3 is 6.03 Å². The maximum Gasteiger partial charge on any atom is 0.318 e. The molecule has 2 aromatic carbocycles. The van der Waals surface area contributed by atoms with Crippen LogP contribution < -0.4 is 15.2 Å². The lowest BCUT2D eigenvalue weighted by Gasteiger charge is -2.27. The molecule has 0 aromatic heterocycles. The summed E-state index contributed by atoms with van der Waals surface area (Å²) in [7, 11) is -3.77. The molecule has 0 aliphatic rings. The van der Waals surface area contributed by atoms with E-state index in [1.165, 1.54) is 17.0 Å². The molecular weight excluding hydrogens is 406 g/mol. The molecule has 2 atom stereocenters. The van der Waals surface area contributed by atoms with Crippen molar-refractivity contribution < 1.29 is 23.1 Å². The summed E-state index contributed by atoms with van der Waals surface area (Å²) in [6, 6.07) is 12.7. The van der Waals surface area contributed by atoms with Gasteiger partial charge in [-0.15, -0.1) is 0 Å². The van der Waals surface area contributed by atoms with E-state index < -0.39 is 16.1 Å². The summed E-state index contributed by atoms with van der Waals surface area (Å²) in [6.45, 7) is 6.21. The number of para-hydroxylation sites is 1. The number of nitrogens with zero attached hydrogens (tertiary/aromatic N) is 1. The standard InChI is InChI=1S/C21H29N3O5S/c1-4-29-20-8-6-5-7-18(20)14-24(13-15(2)25)21(26)23-16(3)17-9-11-19(12-10-17)30(22,27)28/h5-12,15-16,25H,4,13-14H2,1-3H3,(H,23,26)(H2,22,27,28)/t15-,16-/m0/s1. The zero-order chi connectivity index (χ0) is 22.3. The van der Waals surface area contributed by atoms with E-state index in [9.17, 15) is 18.3 Å². The maximum absolute atomic E-state index is 12.9. The van der Waals surface area contributed by atoms with Crippen LogP contribution in [0.2, 0.25) is 0 Å². The van der Waals surface area contributed by atoms with Crippen LogP contribution in [0.1, 0.15) is 37.9 Å². The average molecular weight is 436 g/mol. The summed E-state index contributed by atoms with van der Waals surface area (Å²) < 4.78 is 28.4. The molecule has 0 spiro atoms. The Morgan fingerprint density at radius 3 is 2.37 bits per heavy atom. The van der Waals surface area contributed by atoms with Crippen LogP contribution >= 0.6 is 0 Å². The van der Waals surface area contributed by atoms with E-state index in [0.29, 0.717) is 12.4 Å². The molecule has 2 aromatic rings. The van der Waals surface area contributed by atoms with E-state index in [4.69, 9.17) is 9.88 Å². The number of nitrogens with one attached hydrogen (secondary N) is 1. The fourth-order valence-corrected chi connectivity index (χ4v) is 3.50. The third kappa shape index (κ3) is 6.72. The highest BCUT2D eigenvalue weighted by molar-refractivity contribution is 7.89. The van der Waals surface area contributed by atoms with Crippen molar-refractivity contribution in [2.75, 3.05) is 13.2 Å². The van der Waals surface area contributed by atoms with Gasteiger partial charge in [0.1, 0.15) is 5.75 Å². The number of urea groups is 1. The van der Waals surface area contributed by atoms with Gasteiger partial charge in [0.15, 0.2) is 0 Å². The molecule has 0 heterocycles. The Labute approximate surface area is 177 Å². The average Bonchev–Trinajstić information content (AvgIpc) is 2.68. The van der Waals surface area contributed by atoms with Crippen molar-refractivity contribution in [2.45, 2.75) is 44.4 Å². The quantitative estimate of drug-likeness (QED) is 0.558. The molecule has 0 saturated heterocycles. The van der Waals surface area contributed by atoms with E-state index >= 15 is 0 Å². The first-order chi connectivity index (χ1) is 14.1. The number of rotatable bonds is 9. The van der Waals surface area contributed by atoms with Gasteiger partial charge in [0.2, 0.25) is 10.0 Å². The number of hydrogen-bond acceptors (Lipinski definition) is 5. The number of benzene rings is 2.